The third kappa shape index (κ3) is 6.23. The number of oxime groups is 1. The number of rotatable bonds is 9. The van der Waals surface area contributed by atoms with Gasteiger partial charge in [0.2, 0.25) is 0 Å². The van der Waals surface area contributed by atoms with Crippen LogP contribution in [0.2, 0.25) is 0 Å². The monoisotopic (exact) mass is 361 g/mol. The summed E-state index contributed by atoms with van der Waals surface area (Å²) in [7, 11) is 0. The molecule has 0 bridgehead atoms. The SMILES string of the molecule is CCOC(=O)C(C)(C)Oc1ccc(C=NOCCc2cccs2)cc1. The van der Waals surface area contributed by atoms with E-state index in [2.05, 4.69) is 11.2 Å². The second kappa shape index (κ2) is 9.22. The standard InChI is InChI=1S/C19H23NO4S/c1-4-22-18(21)19(2,3)24-16-9-7-15(8-10-16)14-20-23-12-11-17-6-5-13-25-17/h5-10,13-14H,4,11-12H2,1-3H3. The molecule has 0 N–H and O–H groups in total. The largest absolute Gasteiger partial charge is 0.476 e. The Morgan fingerprint density at radius 1 is 1.24 bits per heavy atom. The number of benzene rings is 1. The molecule has 0 atom stereocenters. The van der Waals surface area contributed by atoms with Gasteiger partial charge in [0.1, 0.15) is 12.4 Å². The van der Waals surface area contributed by atoms with Crippen molar-refractivity contribution in [3.63, 3.8) is 0 Å². The van der Waals surface area contributed by atoms with Gasteiger partial charge in [-0.1, -0.05) is 11.2 Å². The van der Waals surface area contributed by atoms with Crippen LogP contribution in [0.25, 0.3) is 0 Å². The van der Waals surface area contributed by atoms with Crippen molar-refractivity contribution in [1.82, 2.24) is 0 Å². The third-order valence-corrected chi connectivity index (χ3v) is 4.25. The highest BCUT2D eigenvalue weighted by Crippen LogP contribution is 2.20. The summed E-state index contributed by atoms with van der Waals surface area (Å²) in [5.41, 5.74) is -0.145. The molecular formula is C19H23NO4S. The summed E-state index contributed by atoms with van der Waals surface area (Å²) >= 11 is 1.71. The van der Waals surface area contributed by atoms with Crippen LogP contribution in [0.1, 0.15) is 31.2 Å². The van der Waals surface area contributed by atoms with Gasteiger partial charge >= 0.3 is 5.97 Å². The Morgan fingerprint density at radius 2 is 2.00 bits per heavy atom. The number of hydrogen-bond donors (Lipinski definition) is 0. The fourth-order valence-corrected chi connectivity index (χ4v) is 2.71. The molecular weight excluding hydrogens is 338 g/mol. The van der Waals surface area contributed by atoms with Crippen LogP contribution < -0.4 is 4.74 Å². The van der Waals surface area contributed by atoms with E-state index in [0.717, 1.165) is 12.0 Å². The van der Waals surface area contributed by atoms with Crippen molar-refractivity contribution in [1.29, 1.82) is 0 Å². The molecule has 1 aromatic heterocycles. The molecule has 0 spiro atoms. The first-order chi connectivity index (χ1) is 12.0. The van der Waals surface area contributed by atoms with Gasteiger partial charge in [0.15, 0.2) is 5.60 Å². The van der Waals surface area contributed by atoms with Crippen LogP contribution in [0, 0.1) is 0 Å². The summed E-state index contributed by atoms with van der Waals surface area (Å²) in [6.07, 6.45) is 2.50. The molecule has 1 heterocycles. The number of esters is 1. The molecule has 2 rings (SSSR count). The Hall–Kier alpha value is -2.34. The molecule has 1 aromatic carbocycles. The van der Waals surface area contributed by atoms with E-state index in [1.54, 1.807) is 50.5 Å². The van der Waals surface area contributed by atoms with Gasteiger partial charge in [-0.05, 0) is 62.0 Å². The van der Waals surface area contributed by atoms with Crippen LogP contribution in [0.3, 0.4) is 0 Å². The first-order valence-corrected chi connectivity index (χ1v) is 9.03. The molecule has 0 unspecified atom stereocenters. The number of nitrogens with zero attached hydrogens (tertiary/aromatic N) is 1. The Balaban J connectivity index is 1.80. The summed E-state index contributed by atoms with van der Waals surface area (Å²) in [6, 6.07) is 11.4. The molecule has 0 aliphatic carbocycles. The van der Waals surface area contributed by atoms with Crippen molar-refractivity contribution >= 4 is 23.5 Å². The van der Waals surface area contributed by atoms with Crippen LogP contribution in [0.15, 0.2) is 46.9 Å². The molecule has 0 fully saturated rings. The van der Waals surface area contributed by atoms with Gasteiger partial charge in [0, 0.05) is 11.3 Å². The minimum absolute atomic E-state index is 0.327. The van der Waals surface area contributed by atoms with Crippen molar-refractivity contribution < 1.29 is 19.1 Å². The van der Waals surface area contributed by atoms with Gasteiger partial charge in [-0.2, -0.15) is 0 Å². The average Bonchev–Trinajstić information content (AvgIpc) is 3.09. The third-order valence-electron chi connectivity index (χ3n) is 3.32. The zero-order chi connectivity index (χ0) is 18.1. The Labute approximate surface area is 152 Å². The van der Waals surface area contributed by atoms with Gasteiger partial charge in [0.25, 0.3) is 0 Å². The Morgan fingerprint density at radius 3 is 2.64 bits per heavy atom. The van der Waals surface area contributed by atoms with E-state index >= 15 is 0 Å². The van der Waals surface area contributed by atoms with E-state index in [9.17, 15) is 4.79 Å². The quantitative estimate of drug-likeness (QED) is 0.292. The highest BCUT2D eigenvalue weighted by molar-refractivity contribution is 7.09. The van der Waals surface area contributed by atoms with Crippen LogP contribution in [-0.2, 0) is 20.8 Å². The zero-order valence-corrected chi connectivity index (χ0v) is 15.5. The molecule has 5 nitrogen and oxygen atoms in total. The number of carbonyl (C=O) groups is 1. The Bertz CT molecular complexity index is 678. The van der Waals surface area contributed by atoms with E-state index in [1.165, 1.54) is 4.88 Å². The minimum atomic E-state index is -1.03. The molecule has 0 radical (unpaired) electrons. The first kappa shape index (κ1) is 19.0. The number of thiophene rings is 1. The van der Waals surface area contributed by atoms with Crippen LogP contribution in [-0.4, -0.2) is 31.0 Å². The average molecular weight is 361 g/mol. The normalized spacial score (nSPS) is 11.5. The highest BCUT2D eigenvalue weighted by atomic mass is 32.1. The maximum Gasteiger partial charge on any atom is 0.349 e. The lowest BCUT2D eigenvalue weighted by Gasteiger charge is -2.24. The predicted octanol–water partition coefficient (Wildman–Crippen LogP) is 4.06. The van der Waals surface area contributed by atoms with Crippen molar-refractivity contribution in [3.8, 4) is 5.75 Å². The van der Waals surface area contributed by atoms with Gasteiger partial charge in [-0.25, -0.2) is 4.79 Å². The van der Waals surface area contributed by atoms with Crippen molar-refractivity contribution in [2.75, 3.05) is 13.2 Å². The molecule has 25 heavy (non-hydrogen) atoms. The molecule has 0 saturated carbocycles. The van der Waals surface area contributed by atoms with Crippen molar-refractivity contribution in [2.45, 2.75) is 32.8 Å². The first-order valence-electron chi connectivity index (χ1n) is 8.15. The maximum absolute atomic E-state index is 11.8. The molecule has 134 valence electrons. The lowest BCUT2D eigenvalue weighted by atomic mass is 10.1. The van der Waals surface area contributed by atoms with Crippen LogP contribution in [0.4, 0.5) is 0 Å². The number of hydrogen-bond acceptors (Lipinski definition) is 6. The van der Waals surface area contributed by atoms with Crippen molar-refractivity contribution in [2.24, 2.45) is 5.16 Å². The van der Waals surface area contributed by atoms with E-state index in [1.807, 2.05) is 23.6 Å². The topological polar surface area (TPSA) is 57.1 Å². The molecule has 2 aromatic rings. The lowest BCUT2D eigenvalue weighted by Crippen LogP contribution is -2.39. The molecule has 0 amide bonds. The summed E-state index contributed by atoms with van der Waals surface area (Å²) < 4.78 is 10.7. The number of ether oxygens (including phenoxy) is 2. The number of carbonyl (C=O) groups excluding carboxylic acids is 1. The molecule has 0 saturated heterocycles. The fourth-order valence-electron chi connectivity index (χ4n) is 2.02. The predicted molar refractivity (Wildman–Crippen MR) is 99.4 cm³/mol. The maximum atomic E-state index is 11.8. The van der Waals surface area contributed by atoms with E-state index in [0.29, 0.717) is 19.0 Å². The van der Waals surface area contributed by atoms with Gasteiger partial charge in [0.05, 0.1) is 12.8 Å². The highest BCUT2D eigenvalue weighted by Gasteiger charge is 2.31. The van der Waals surface area contributed by atoms with Gasteiger partial charge in [-0.15, -0.1) is 11.3 Å². The zero-order valence-electron chi connectivity index (χ0n) is 14.7. The Kier molecular flexibility index (Phi) is 7.01. The summed E-state index contributed by atoms with van der Waals surface area (Å²) in [4.78, 5) is 18.4. The second-order valence-corrected chi connectivity index (χ2v) is 6.83. The van der Waals surface area contributed by atoms with Crippen LogP contribution >= 0.6 is 11.3 Å². The van der Waals surface area contributed by atoms with E-state index in [-0.39, 0.29) is 5.97 Å². The van der Waals surface area contributed by atoms with E-state index < -0.39 is 5.60 Å². The van der Waals surface area contributed by atoms with Crippen molar-refractivity contribution in [3.05, 3.63) is 52.2 Å². The summed E-state index contributed by atoms with van der Waals surface area (Å²) in [6.45, 7) is 6.01. The van der Waals surface area contributed by atoms with E-state index in [4.69, 9.17) is 14.3 Å². The van der Waals surface area contributed by atoms with Gasteiger partial charge < -0.3 is 14.3 Å². The minimum Gasteiger partial charge on any atom is -0.476 e. The van der Waals surface area contributed by atoms with Gasteiger partial charge in [-0.3, -0.25) is 0 Å². The summed E-state index contributed by atoms with van der Waals surface area (Å²) in [5, 5.41) is 6.01. The smallest absolute Gasteiger partial charge is 0.349 e. The van der Waals surface area contributed by atoms with Crippen LogP contribution in [0.5, 0.6) is 5.75 Å². The fraction of sp³-hybridized carbons (Fsp3) is 0.368. The second-order valence-electron chi connectivity index (χ2n) is 5.80. The molecule has 0 aliphatic rings. The lowest BCUT2D eigenvalue weighted by molar-refractivity contribution is -0.158. The molecule has 6 heteroatoms. The molecule has 0 aliphatic heterocycles. The summed E-state index contributed by atoms with van der Waals surface area (Å²) in [5.74, 6) is 0.202.